The van der Waals surface area contributed by atoms with Crippen LogP contribution in [0.15, 0.2) is 12.1 Å². The van der Waals surface area contributed by atoms with Crippen molar-refractivity contribution in [3.63, 3.8) is 0 Å². The van der Waals surface area contributed by atoms with Crippen molar-refractivity contribution in [3.05, 3.63) is 27.8 Å². The van der Waals surface area contributed by atoms with Crippen LogP contribution >= 0.6 is 0 Å². The zero-order valence-electron chi connectivity index (χ0n) is 11.3. The number of hydrogen-bond acceptors (Lipinski definition) is 3. The molecule has 19 heavy (non-hydrogen) atoms. The number of hydrogen-bond donors (Lipinski definition) is 0. The van der Waals surface area contributed by atoms with Gasteiger partial charge in [-0.2, -0.15) is 0 Å². The third-order valence-corrected chi connectivity index (χ3v) is 4.50. The van der Waals surface area contributed by atoms with Crippen LogP contribution in [0, 0.1) is 10.1 Å². The van der Waals surface area contributed by atoms with Gasteiger partial charge in [0.1, 0.15) is 0 Å². The van der Waals surface area contributed by atoms with E-state index >= 15 is 0 Å². The van der Waals surface area contributed by atoms with Gasteiger partial charge in [-0.05, 0) is 0 Å². The summed E-state index contributed by atoms with van der Waals surface area (Å²) in [5.41, 5.74) is 1.10. The van der Waals surface area contributed by atoms with Crippen LogP contribution in [-0.4, -0.2) is 34.2 Å². The van der Waals surface area contributed by atoms with Crippen molar-refractivity contribution in [2.24, 2.45) is 0 Å². The molecule has 1 aliphatic heterocycles. The number of amides is 1. The summed E-state index contributed by atoms with van der Waals surface area (Å²) in [6, 6.07) is 3.36. The number of carbonyl (C=O) groups is 1. The molecular formula is C13H17AsN2O3. The van der Waals surface area contributed by atoms with E-state index < -0.39 is 5.41 Å². The Balaban J connectivity index is 2.66. The van der Waals surface area contributed by atoms with Crippen LogP contribution < -0.4 is 9.25 Å². The standard InChI is InChI=1S/C13H17AsN2O3/c1-4-5-15-10-7-11(16(18)19)9(14)6-8(10)13(2,3)12(15)17/h6-7H,4-5,14H2,1-3H3. The van der Waals surface area contributed by atoms with Crippen molar-refractivity contribution < 1.29 is 9.72 Å². The zero-order chi connectivity index (χ0) is 14.4. The number of anilines is 1. The number of fused-ring (bicyclic) bond motifs is 1. The third-order valence-electron chi connectivity index (χ3n) is 3.53. The second kappa shape index (κ2) is 4.64. The summed E-state index contributed by atoms with van der Waals surface area (Å²) >= 11 is 1.21. The summed E-state index contributed by atoms with van der Waals surface area (Å²) in [5, 5.41) is 11.0. The predicted molar refractivity (Wildman–Crippen MR) is 76.9 cm³/mol. The van der Waals surface area contributed by atoms with E-state index in [4.69, 9.17) is 0 Å². The van der Waals surface area contributed by atoms with E-state index in [2.05, 4.69) is 0 Å². The Hall–Kier alpha value is -1.35. The zero-order valence-corrected chi connectivity index (χ0v) is 13.7. The number of nitrogens with zero attached hydrogens (tertiary/aromatic N) is 2. The molecule has 1 amide bonds. The molecule has 1 aromatic carbocycles. The molecule has 6 heteroatoms. The van der Waals surface area contributed by atoms with Gasteiger partial charge < -0.3 is 0 Å². The fourth-order valence-electron chi connectivity index (χ4n) is 2.48. The fraction of sp³-hybridized carbons (Fsp3) is 0.462. The molecule has 1 aliphatic rings. The molecule has 0 saturated carbocycles. The molecule has 1 aromatic rings. The van der Waals surface area contributed by atoms with Crippen molar-refractivity contribution in [1.82, 2.24) is 0 Å². The van der Waals surface area contributed by atoms with Gasteiger partial charge in [-0.25, -0.2) is 0 Å². The molecule has 102 valence electrons. The molecule has 2 rings (SSSR count). The quantitative estimate of drug-likeness (QED) is 0.471. The first-order valence-corrected chi connectivity index (χ1v) is 7.42. The Kier molecular flexibility index (Phi) is 3.43. The van der Waals surface area contributed by atoms with Gasteiger partial charge in [0, 0.05) is 0 Å². The summed E-state index contributed by atoms with van der Waals surface area (Å²) in [5.74, 6) is 0.0248. The van der Waals surface area contributed by atoms with E-state index in [0.29, 0.717) is 16.6 Å². The van der Waals surface area contributed by atoms with Crippen molar-refractivity contribution in [2.75, 3.05) is 11.4 Å². The Morgan fingerprint density at radius 3 is 2.58 bits per heavy atom. The molecule has 0 fully saturated rings. The second-order valence-corrected chi connectivity index (χ2v) is 6.57. The molecule has 1 unspecified atom stereocenters. The molecular weight excluding hydrogens is 307 g/mol. The Morgan fingerprint density at radius 2 is 2.05 bits per heavy atom. The topological polar surface area (TPSA) is 63.5 Å². The van der Waals surface area contributed by atoms with Gasteiger partial charge in [0.15, 0.2) is 0 Å². The van der Waals surface area contributed by atoms with Crippen LogP contribution in [-0.2, 0) is 10.2 Å². The first-order chi connectivity index (χ1) is 8.80. The van der Waals surface area contributed by atoms with Crippen LogP contribution in [0.3, 0.4) is 0 Å². The molecule has 0 saturated heterocycles. The fourth-order valence-corrected chi connectivity index (χ4v) is 3.23. The van der Waals surface area contributed by atoms with Crippen molar-refractivity contribution in [2.45, 2.75) is 32.6 Å². The normalized spacial score (nSPS) is 16.6. The average Bonchev–Trinajstić information content (AvgIpc) is 2.50. The molecule has 0 N–H and O–H groups in total. The number of carbonyl (C=O) groups excluding carboxylic acids is 1. The van der Waals surface area contributed by atoms with Gasteiger partial charge >= 0.3 is 120 Å². The Morgan fingerprint density at radius 1 is 1.42 bits per heavy atom. The second-order valence-electron chi connectivity index (χ2n) is 5.27. The summed E-state index contributed by atoms with van der Waals surface area (Å²) < 4.78 is 0.662. The number of rotatable bonds is 3. The van der Waals surface area contributed by atoms with E-state index in [0.717, 1.165) is 12.0 Å². The van der Waals surface area contributed by atoms with E-state index in [1.54, 1.807) is 17.0 Å². The number of nitro groups is 1. The van der Waals surface area contributed by atoms with E-state index in [1.165, 1.54) is 16.9 Å². The van der Waals surface area contributed by atoms with E-state index in [-0.39, 0.29) is 16.5 Å². The molecule has 0 aromatic heterocycles. The van der Waals surface area contributed by atoms with Crippen LogP contribution in [0.2, 0.25) is 0 Å². The molecule has 5 nitrogen and oxygen atoms in total. The number of benzene rings is 1. The van der Waals surface area contributed by atoms with Crippen LogP contribution in [0.1, 0.15) is 32.8 Å². The van der Waals surface area contributed by atoms with Crippen LogP contribution in [0.4, 0.5) is 11.4 Å². The average molecular weight is 324 g/mol. The first kappa shape index (κ1) is 14.1. The van der Waals surface area contributed by atoms with Gasteiger partial charge in [-0.1, -0.05) is 0 Å². The van der Waals surface area contributed by atoms with Crippen molar-refractivity contribution >= 4 is 38.5 Å². The molecule has 0 bridgehead atoms. The summed E-state index contributed by atoms with van der Waals surface area (Å²) in [6.07, 6.45) is 0.826. The third kappa shape index (κ3) is 2.06. The molecule has 0 aliphatic carbocycles. The molecule has 1 heterocycles. The predicted octanol–water partition coefficient (Wildman–Crippen LogP) is 0.887. The van der Waals surface area contributed by atoms with Gasteiger partial charge in [-0.3, -0.25) is 0 Å². The molecule has 0 spiro atoms. The first-order valence-electron chi connectivity index (χ1n) is 6.21. The Labute approximate surface area is 120 Å². The monoisotopic (exact) mass is 324 g/mol. The van der Waals surface area contributed by atoms with Crippen molar-refractivity contribution in [1.29, 1.82) is 0 Å². The molecule has 0 radical (unpaired) electrons. The summed E-state index contributed by atoms with van der Waals surface area (Å²) in [6.45, 7) is 6.34. The summed E-state index contributed by atoms with van der Waals surface area (Å²) in [7, 11) is 0. The minimum atomic E-state index is -0.597. The Bertz CT molecular complexity index is 569. The molecule has 1 atom stereocenters. The van der Waals surface area contributed by atoms with Crippen LogP contribution in [0.25, 0.3) is 0 Å². The van der Waals surface area contributed by atoms with Gasteiger partial charge in [0.2, 0.25) is 0 Å². The maximum absolute atomic E-state index is 12.4. The van der Waals surface area contributed by atoms with E-state index in [9.17, 15) is 14.9 Å². The minimum absolute atomic E-state index is 0.0248. The number of nitro benzene ring substituents is 1. The van der Waals surface area contributed by atoms with Crippen LogP contribution in [0.5, 0.6) is 0 Å². The van der Waals surface area contributed by atoms with Gasteiger partial charge in [0.25, 0.3) is 0 Å². The van der Waals surface area contributed by atoms with Crippen molar-refractivity contribution in [3.8, 4) is 0 Å². The summed E-state index contributed by atoms with van der Waals surface area (Å²) in [4.78, 5) is 24.8. The van der Waals surface area contributed by atoms with Gasteiger partial charge in [-0.15, -0.1) is 0 Å². The van der Waals surface area contributed by atoms with Gasteiger partial charge in [0.05, 0.1) is 0 Å². The maximum atomic E-state index is 12.4. The van der Waals surface area contributed by atoms with E-state index in [1.807, 2.05) is 20.8 Å². The SMILES string of the molecule is CCCN1C(=O)C(C)(C)c2cc([AsH2])c([N+](=O)[O-])cc21.